The first-order valence-corrected chi connectivity index (χ1v) is 9.00. The maximum atomic E-state index is 12.8. The molecule has 6 nitrogen and oxygen atoms in total. The number of carbonyl (C=O) groups is 1. The molecule has 0 spiro atoms. The van der Waals surface area contributed by atoms with Crippen molar-refractivity contribution < 1.29 is 14.3 Å². The number of carbonyl (C=O) groups excluding carboxylic acids is 1. The van der Waals surface area contributed by atoms with Crippen LogP contribution in [0.1, 0.15) is 34.3 Å². The van der Waals surface area contributed by atoms with Crippen molar-refractivity contribution in [3.63, 3.8) is 0 Å². The van der Waals surface area contributed by atoms with Crippen LogP contribution >= 0.6 is 0 Å². The molecule has 1 aromatic heterocycles. The lowest BCUT2D eigenvalue weighted by atomic mass is 10.1. The van der Waals surface area contributed by atoms with E-state index in [0.717, 1.165) is 37.2 Å². The molecule has 6 heteroatoms. The van der Waals surface area contributed by atoms with E-state index in [1.807, 2.05) is 18.2 Å². The summed E-state index contributed by atoms with van der Waals surface area (Å²) in [6.07, 6.45) is 4.57. The Bertz CT molecular complexity index is 897. The predicted molar refractivity (Wildman–Crippen MR) is 98.0 cm³/mol. The van der Waals surface area contributed by atoms with Crippen molar-refractivity contribution in [1.82, 2.24) is 4.57 Å². The van der Waals surface area contributed by atoms with Crippen LogP contribution in [0.4, 0.5) is 5.69 Å². The number of nitrogens with one attached hydrogen (secondary N) is 1. The maximum Gasteiger partial charge on any atom is 0.263 e. The number of ether oxygens (including phenoxy) is 2. The molecule has 0 saturated carbocycles. The van der Waals surface area contributed by atoms with Crippen molar-refractivity contribution in [1.29, 1.82) is 0 Å². The molecule has 4 rings (SSSR count). The number of benzene rings is 1. The molecule has 1 unspecified atom stereocenters. The fourth-order valence-corrected chi connectivity index (χ4v) is 3.55. The number of nitrogens with zero attached hydrogens (tertiary/aromatic N) is 1. The Morgan fingerprint density at radius 1 is 1.31 bits per heavy atom. The van der Waals surface area contributed by atoms with Gasteiger partial charge >= 0.3 is 0 Å². The van der Waals surface area contributed by atoms with Crippen LogP contribution in [0, 0.1) is 6.92 Å². The Balaban J connectivity index is 1.57. The third-order valence-corrected chi connectivity index (χ3v) is 4.97. The van der Waals surface area contributed by atoms with E-state index in [1.165, 1.54) is 0 Å². The van der Waals surface area contributed by atoms with E-state index in [4.69, 9.17) is 9.47 Å². The van der Waals surface area contributed by atoms with Gasteiger partial charge in [0.2, 0.25) is 0 Å². The minimum Gasteiger partial charge on any atom is -0.493 e. The van der Waals surface area contributed by atoms with Crippen LogP contribution in [0.15, 0.2) is 35.3 Å². The van der Waals surface area contributed by atoms with Crippen LogP contribution in [0.3, 0.4) is 0 Å². The molecular weight excluding hydrogens is 332 g/mol. The first-order valence-electron chi connectivity index (χ1n) is 9.00. The Hall–Kier alpha value is -2.60. The lowest BCUT2D eigenvalue weighted by Gasteiger charge is -2.14. The molecule has 26 heavy (non-hydrogen) atoms. The molecule has 2 aliphatic rings. The highest BCUT2D eigenvalue weighted by atomic mass is 16.5. The summed E-state index contributed by atoms with van der Waals surface area (Å²) < 4.78 is 12.7. The summed E-state index contributed by atoms with van der Waals surface area (Å²) in [4.78, 5) is 25.6. The van der Waals surface area contributed by atoms with Crippen LogP contribution in [-0.2, 0) is 17.7 Å². The second kappa shape index (κ2) is 6.96. The van der Waals surface area contributed by atoms with Gasteiger partial charge in [0.05, 0.1) is 19.3 Å². The summed E-state index contributed by atoms with van der Waals surface area (Å²) in [5, 5.41) is 2.85. The molecule has 0 bridgehead atoms. The van der Waals surface area contributed by atoms with E-state index >= 15 is 0 Å². The first-order chi connectivity index (χ1) is 12.6. The summed E-state index contributed by atoms with van der Waals surface area (Å²) in [6.45, 7) is 3.66. The van der Waals surface area contributed by atoms with Crippen LogP contribution < -0.4 is 15.6 Å². The maximum absolute atomic E-state index is 12.8. The van der Waals surface area contributed by atoms with Gasteiger partial charge in [0.15, 0.2) is 0 Å². The summed E-state index contributed by atoms with van der Waals surface area (Å²) in [6, 6.07) is 7.36. The topological polar surface area (TPSA) is 69.6 Å². The van der Waals surface area contributed by atoms with Gasteiger partial charge in [-0.05, 0) is 55.2 Å². The highest BCUT2D eigenvalue weighted by Gasteiger charge is 2.21. The van der Waals surface area contributed by atoms with Gasteiger partial charge in [-0.1, -0.05) is 0 Å². The minimum atomic E-state index is -0.381. The van der Waals surface area contributed by atoms with Gasteiger partial charge in [0.25, 0.3) is 11.5 Å². The summed E-state index contributed by atoms with van der Waals surface area (Å²) >= 11 is 0. The van der Waals surface area contributed by atoms with E-state index in [-0.39, 0.29) is 23.1 Å². The normalized spacial score (nSPS) is 18.4. The average Bonchev–Trinajstić information content (AvgIpc) is 3.28. The quantitative estimate of drug-likeness (QED) is 0.916. The lowest BCUT2D eigenvalue weighted by Crippen LogP contribution is -2.32. The molecule has 1 saturated heterocycles. The molecule has 1 atom stereocenters. The highest BCUT2D eigenvalue weighted by Crippen LogP contribution is 2.28. The molecule has 0 aliphatic carbocycles. The summed E-state index contributed by atoms with van der Waals surface area (Å²) in [7, 11) is 0. The number of anilines is 1. The van der Waals surface area contributed by atoms with Crippen molar-refractivity contribution in [2.45, 2.75) is 38.8 Å². The largest absolute Gasteiger partial charge is 0.493 e. The van der Waals surface area contributed by atoms with Gasteiger partial charge in [0.1, 0.15) is 11.3 Å². The third-order valence-electron chi connectivity index (χ3n) is 4.97. The molecule has 2 aromatic rings. The van der Waals surface area contributed by atoms with Crippen molar-refractivity contribution in [3.05, 3.63) is 57.5 Å². The lowest BCUT2D eigenvalue weighted by molar-refractivity contribution is 0.0952. The van der Waals surface area contributed by atoms with Crippen LogP contribution in [-0.4, -0.2) is 29.8 Å². The number of aromatic nitrogens is 1. The molecule has 1 amide bonds. The number of hydrogen-bond donors (Lipinski definition) is 1. The average molecular weight is 354 g/mol. The number of fused-ring (bicyclic) bond motifs is 1. The van der Waals surface area contributed by atoms with Crippen LogP contribution in [0.5, 0.6) is 5.75 Å². The Labute approximate surface area is 151 Å². The second-order valence-corrected chi connectivity index (χ2v) is 6.84. The van der Waals surface area contributed by atoms with Gasteiger partial charge < -0.3 is 19.4 Å². The van der Waals surface area contributed by atoms with E-state index < -0.39 is 0 Å². The first kappa shape index (κ1) is 16.8. The number of pyridine rings is 1. The smallest absolute Gasteiger partial charge is 0.263 e. The summed E-state index contributed by atoms with van der Waals surface area (Å²) in [5.74, 6) is 0.478. The predicted octanol–water partition coefficient (Wildman–Crippen LogP) is 2.52. The van der Waals surface area contributed by atoms with Crippen LogP contribution in [0.2, 0.25) is 0 Å². The SMILES string of the molecule is Cc1ccn(CC2CCCO2)c(=O)c1C(=O)Nc1ccc2c(c1)CCO2. The fraction of sp³-hybridized carbons (Fsp3) is 0.400. The number of aryl methyl sites for hydroxylation is 1. The Kier molecular flexibility index (Phi) is 4.51. The molecular formula is C20H22N2O4. The Morgan fingerprint density at radius 2 is 2.19 bits per heavy atom. The van der Waals surface area contributed by atoms with Gasteiger partial charge in [-0.15, -0.1) is 0 Å². The van der Waals surface area contributed by atoms with Crippen molar-refractivity contribution in [3.8, 4) is 5.75 Å². The molecule has 2 aliphatic heterocycles. The van der Waals surface area contributed by atoms with E-state index in [2.05, 4.69) is 5.32 Å². The zero-order valence-corrected chi connectivity index (χ0v) is 14.8. The van der Waals surface area contributed by atoms with Gasteiger partial charge in [-0.25, -0.2) is 0 Å². The standard InChI is InChI=1S/C20H22N2O4/c1-13-6-8-22(12-16-3-2-9-25-16)20(24)18(13)19(23)21-15-4-5-17-14(11-15)7-10-26-17/h4-6,8,11,16H,2-3,7,9-10,12H2,1H3,(H,21,23). The van der Waals surface area contributed by atoms with E-state index in [1.54, 1.807) is 23.8 Å². The van der Waals surface area contributed by atoms with Crippen molar-refractivity contribution >= 4 is 11.6 Å². The van der Waals surface area contributed by atoms with Crippen molar-refractivity contribution in [2.75, 3.05) is 18.5 Å². The highest BCUT2D eigenvalue weighted by molar-refractivity contribution is 6.05. The number of hydrogen-bond acceptors (Lipinski definition) is 4. The number of amides is 1. The molecule has 1 aromatic carbocycles. The molecule has 136 valence electrons. The van der Waals surface area contributed by atoms with Crippen molar-refractivity contribution in [2.24, 2.45) is 0 Å². The zero-order valence-electron chi connectivity index (χ0n) is 14.8. The third kappa shape index (κ3) is 3.24. The fourth-order valence-electron chi connectivity index (χ4n) is 3.55. The molecule has 0 radical (unpaired) electrons. The zero-order chi connectivity index (χ0) is 18.1. The molecule has 1 fully saturated rings. The van der Waals surface area contributed by atoms with Gasteiger partial charge in [0, 0.05) is 24.9 Å². The minimum absolute atomic E-state index is 0.0445. The van der Waals surface area contributed by atoms with Gasteiger partial charge in [-0.3, -0.25) is 9.59 Å². The Morgan fingerprint density at radius 3 is 3.00 bits per heavy atom. The van der Waals surface area contributed by atoms with E-state index in [0.29, 0.717) is 24.4 Å². The van der Waals surface area contributed by atoms with E-state index in [9.17, 15) is 9.59 Å². The summed E-state index contributed by atoms with van der Waals surface area (Å²) in [5.41, 5.74) is 2.32. The molecule has 1 N–H and O–H groups in total. The van der Waals surface area contributed by atoms with Crippen LogP contribution in [0.25, 0.3) is 0 Å². The second-order valence-electron chi connectivity index (χ2n) is 6.84. The molecule has 3 heterocycles. The van der Waals surface area contributed by atoms with Gasteiger partial charge in [-0.2, -0.15) is 0 Å². The monoisotopic (exact) mass is 354 g/mol. The number of rotatable bonds is 4.